The molecule has 1 saturated carbocycles. The van der Waals surface area contributed by atoms with Crippen molar-refractivity contribution in [1.82, 2.24) is 4.90 Å². The third-order valence-electron chi connectivity index (χ3n) is 6.57. The zero-order valence-electron chi connectivity index (χ0n) is 20.2. The molecule has 2 aromatic carbocycles. The van der Waals surface area contributed by atoms with E-state index in [2.05, 4.69) is 15.5 Å². The highest BCUT2D eigenvalue weighted by Gasteiger charge is 2.35. The van der Waals surface area contributed by atoms with E-state index in [9.17, 15) is 22.7 Å². The van der Waals surface area contributed by atoms with Crippen LogP contribution in [-0.4, -0.2) is 34.9 Å². The molecule has 35 heavy (non-hydrogen) atoms. The number of hydrogen-bond acceptors (Lipinski definition) is 5. The van der Waals surface area contributed by atoms with Gasteiger partial charge in [0.25, 0.3) is 0 Å². The highest BCUT2D eigenvalue weighted by molar-refractivity contribution is 5.54. The first-order valence-electron chi connectivity index (χ1n) is 11.7. The van der Waals surface area contributed by atoms with Crippen molar-refractivity contribution in [1.29, 1.82) is 5.26 Å². The number of anilines is 2. The molecule has 0 spiro atoms. The Morgan fingerprint density at radius 3 is 2.34 bits per heavy atom. The molecule has 1 atom stereocenters. The van der Waals surface area contributed by atoms with Crippen LogP contribution in [0.1, 0.15) is 62.6 Å². The van der Waals surface area contributed by atoms with E-state index in [4.69, 9.17) is 5.26 Å². The molecule has 190 valence electrons. The Hall–Kier alpha value is -2.83. The highest BCUT2D eigenvalue weighted by Crippen LogP contribution is 2.34. The van der Waals surface area contributed by atoms with Crippen molar-refractivity contribution < 1.29 is 22.7 Å². The first-order chi connectivity index (χ1) is 16.4. The van der Waals surface area contributed by atoms with Crippen LogP contribution in [0, 0.1) is 17.1 Å². The summed E-state index contributed by atoms with van der Waals surface area (Å²) in [5.74, 6) is -0.363. The van der Waals surface area contributed by atoms with Crippen LogP contribution in [0.2, 0.25) is 0 Å². The third kappa shape index (κ3) is 6.86. The van der Waals surface area contributed by atoms with Gasteiger partial charge in [-0.05, 0) is 64.1 Å². The molecule has 0 radical (unpaired) electrons. The zero-order valence-corrected chi connectivity index (χ0v) is 20.2. The SMILES string of the molecule is CN(Cc1ccc(NC(C)(C)C(O)Nc2ccc(C#N)c(C(F)(F)F)c2)cc1F)C1CCCCC1. The summed E-state index contributed by atoms with van der Waals surface area (Å²) >= 11 is 0. The highest BCUT2D eigenvalue weighted by atomic mass is 19.4. The number of nitrogens with one attached hydrogen (secondary N) is 2. The second kappa shape index (κ2) is 10.8. The van der Waals surface area contributed by atoms with Crippen LogP contribution >= 0.6 is 0 Å². The molecule has 1 aliphatic rings. The van der Waals surface area contributed by atoms with Crippen molar-refractivity contribution in [2.75, 3.05) is 17.7 Å². The largest absolute Gasteiger partial charge is 0.417 e. The molecule has 0 heterocycles. The lowest BCUT2D eigenvalue weighted by Crippen LogP contribution is -2.48. The van der Waals surface area contributed by atoms with E-state index < -0.39 is 29.1 Å². The topological polar surface area (TPSA) is 71.3 Å². The molecule has 1 fully saturated rings. The van der Waals surface area contributed by atoms with Gasteiger partial charge >= 0.3 is 6.18 Å². The fourth-order valence-corrected chi connectivity index (χ4v) is 4.42. The number of nitriles is 1. The maximum absolute atomic E-state index is 14.9. The monoisotopic (exact) mass is 492 g/mol. The van der Waals surface area contributed by atoms with Gasteiger partial charge in [-0.1, -0.05) is 25.3 Å². The first-order valence-corrected chi connectivity index (χ1v) is 11.7. The number of aliphatic hydroxyl groups excluding tert-OH is 1. The number of alkyl halides is 3. The second-order valence-electron chi connectivity index (χ2n) is 9.78. The molecule has 1 aliphatic carbocycles. The summed E-state index contributed by atoms with van der Waals surface area (Å²) in [5.41, 5.74) is -1.63. The van der Waals surface area contributed by atoms with Gasteiger partial charge in [-0.15, -0.1) is 0 Å². The van der Waals surface area contributed by atoms with Crippen LogP contribution < -0.4 is 10.6 Å². The molecule has 9 heteroatoms. The quantitative estimate of drug-likeness (QED) is 0.307. The molecule has 0 saturated heterocycles. The number of rotatable bonds is 8. The van der Waals surface area contributed by atoms with Crippen molar-refractivity contribution in [3.63, 3.8) is 0 Å². The van der Waals surface area contributed by atoms with E-state index in [1.54, 1.807) is 26.0 Å². The van der Waals surface area contributed by atoms with Gasteiger partial charge in [0.2, 0.25) is 0 Å². The van der Waals surface area contributed by atoms with Crippen molar-refractivity contribution >= 4 is 11.4 Å². The molecule has 2 aromatic rings. The average Bonchev–Trinajstić information content (AvgIpc) is 2.80. The van der Waals surface area contributed by atoms with Crippen molar-refractivity contribution in [3.8, 4) is 6.07 Å². The Kier molecular flexibility index (Phi) is 8.29. The molecule has 3 rings (SSSR count). The lowest BCUT2D eigenvalue weighted by atomic mass is 9.94. The summed E-state index contributed by atoms with van der Waals surface area (Å²) in [6, 6.07) is 9.92. The van der Waals surface area contributed by atoms with E-state index >= 15 is 0 Å². The molecular weight excluding hydrogens is 460 g/mol. The Labute approximate surface area is 203 Å². The van der Waals surface area contributed by atoms with Gasteiger partial charge in [-0.3, -0.25) is 4.90 Å². The molecule has 0 aromatic heterocycles. The van der Waals surface area contributed by atoms with Crippen molar-refractivity contribution in [2.45, 2.75) is 76.5 Å². The Balaban J connectivity index is 1.67. The molecule has 1 unspecified atom stereocenters. The Bertz CT molecular complexity index is 1060. The Morgan fingerprint density at radius 1 is 1.09 bits per heavy atom. The minimum absolute atomic E-state index is 0.00554. The summed E-state index contributed by atoms with van der Waals surface area (Å²) in [6.45, 7) is 3.79. The standard InChI is InChI=1S/C26H32F4N4O/c1-25(2,24(35)32-19-11-9-17(15-31)22(13-19)26(28,29)30)33-20-12-10-18(23(27)14-20)16-34(3)21-7-5-4-6-8-21/h9-14,21,24,32-33,35H,4-8,16H2,1-3H3. The normalized spacial score (nSPS) is 16.1. The van der Waals surface area contributed by atoms with Gasteiger partial charge in [0.15, 0.2) is 0 Å². The number of nitrogens with zero attached hydrogens (tertiary/aromatic N) is 2. The van der Waals surface area contributed by atoms with Crippen LogP contribution in [0.3, 0.4) is 0 Å². The lowest BCUT2D eigenvalue weighted by Gasteiger charge is -2.34. The van der Waals surface area contributed by atoms with Crippen LogP contribution in [0.4, 0.5) is 28.9 Å². The summed E-state index contributed by atoms with van der Waals surface area (Å²) in [7, 11) is 2.01. The maximum Gasteiger partial charge on any atom is 0.417 e. The van der Waals surface area contributed by atoms with E-state index in [1.165, 1.54) is 37.5 Å². The van der Waals surface area contributed by atoms with Gasteiger partial charge in [-0.25, -0.2) is 4.39 Å². The van der Waals surface area contributed by atoms with E-state index in [0.717, 1.165) is 25.0 Å². The zero-order chi connectivity index (χ0) is 25.8. The predicted octanol–water partition coefficient (Wildman–Crippen LogP) is 6.10. The molecular formula is C26H32F4N4O. The molecule has 5 nitrogen and oxygen atoms in total. The number of benzene rings is 2. The number of aliphatic hydroxyl groups is 1. The smallest absolute Gasteiger partial charge is 0.376 e. The molecule has 0 bridgehead atoms. The molecule has 0 amide bonds. The fourth-order valence-electron chi connectivity index (χ4n) is 4.42. The average molecular weight is 493 g/mol. The van der Waals surface area contributed by atoms with E-state index in [0.29, 0.717) is 23.8 Å². The number of hydrogen-bond donors (Lipinski definition) is 3. The lowest BCUT2D eigenvalue weighted by molar-refractivity contribution is -0.137. The third-order valence-corrected chi connectivity index (χ3v) is 6.57. The minimum Gasteiger partial charge on any atom is -0.376 e. The summed E-state index contributed by atoms with van der Waals surface area (Å²) < 4.78 is 54.6. The first kappa shape index (κ1) is 26.8. The van der Waals surface area contributed by atoms with Crippen LogP contribution in [-0.2, 0) is 12.7 Å². The van der Waals surface area contributed by atoms with Gasteiger partial charge in [-0.2, -0.15) is 18.4 Å². The van der Waals surface area contributed by atoms with Crippen LogP contribution in [0.25, 0.3) is 0 Å². The Morgan fingerprint density at radius 2 is 1.74 bits per heavy atom. The minimum atomic E-state index is -4.70. The fraction of sp³-hybridized carbons (Fsp3) is 0.500. The van der Waals surface area contributed by atoms with Gasteiger partial charge in [0.1, 0.15) is 12.0 Å². The van der Waals surface area contributed by atoms with Crippen molar-refractivity contribution in [3.05, 3.63) is 58.9 Å². The van der Waals surface area contributed by atoms with Gasteiger partial charge in [0.05, 0.1) is 22.7 Å². The summed E-state index contributed by atoms with van der Waals surface area (Å²) in [4.78, 5) is 2.19. The summed E-state index contributed by atoms with van der Waals surface area (Å²) in [5, 5.41) is 25.3. The van der Waals surface area contributed by atoms with Gasteiger partial charge in [0, 0.05) is 29.5 Å². The van der Waals surface area contributed by atoms with E-state index in [1.807, 2.05) is 7.05 Å². The molecule has 0 aliphatic heterocycles. The van der Waals surface area contributed by atoms with Crippen LogP contribution in [0.5, 0.6) is 0 Å². The molecule has 3 N–H and O–H groups in total. The summed E-state index contributed by atoms with van der Waals surface area (Å²) in [6.07, 6.45) is -0.119. The van der Waals surface area contributed by atoms with E-state index in [-0.39, 0.29) is 11.5 Å². The van der Waals surface area contributed by atoms with Crippen LogP contribution in [0.15, 0.2) is 36.4 Å². The number of halogens is 4. The maximum atomic E-state index is 14.9. The van der Waals surface area contributed by atoms with Gasteiger partial charge < -0.3 is 15.7 Å². The van der Waals surface area contributed by atoms with Crippen molar-refractivity contribution in [2.24, 2.45) is 0 Å². The predicted molar refractivity (Wildman–Crippen MR) is 128 cm³/mol. The second-order valence-corrected chi connectivity index (χ2v) is 9.78.